The van der Waals surface area contributed by atoms with Crippen molar-refractivity contribution in [3.63, 3.8) is 0 Å². The molecular formula is C25H25N5O2. The number of nitrogens with zero attached hydrogens (tertiary/aromatic N) is 5. The van der Waals surface area contributed by atoms with Crippen LogP contribution in [0.2, 0.25) is 0 Å². The van der Waals surface area contributed by atoms with Crippen molar-refractivity contribution in [2.24, 2.45) is 7.05 Å². The first-order valence-electron chi connectivity index (χ1n) is 10.8. The van der Waals surface area contributed by atoms with E-state index in [9.17, 15) is 4.79 Å². The summed E-state index contributed by atoms with van der Waals surface area (Å²) < 4.78 is 7.34. The number of rotatable bonds is 4. The molecule has 0 radical (unpaired) electrons. The first-order chi connectivity index (χ1) is 15.6. The number of aromatic nitrogens is 4. The summed E-state index contributed by atoms with van der Waals surface area (Å²) in [5, 5.41) is 0. The summed E-state index contributed by atoms with van der Waals surface area (Å²) in [7, 11) is 3.67. The molecule has 0 atom stereocenters. The van der Waals surface area contributed by atoms with Gasteiger partial charge < -0.3 is 14.2 Å². The van der Waals surface area contributed by atoms with Gasteiger partial charge in [0, 0.05) is 55.3 Å². The Bertz CT molecular complexity index is 1240. The normalized spacial score (nSPS) is 14.6. The van der Waals surface area contributed by atoms with E-state index < -0.39 is 0 Å². The molecule has 0 unspecified atom stereocenters. The Morgan fingerprint density at radius 3 is 2.47 bits per heavy atom. The maximum Gasteiger partial charge on any atom is 0.253 e. The molecule has 0 bridgehead atoms. The Hall–Kier alpha value is -3.74. The number of fused-ring (bicyclic) bond motifs is 1. The monoisotopic (exact) mass is 427 g/mol. The Labute approximate surface area is 186 Å². The topological polar surface area (TPSA) is 73.1 Å². The SMILES string of the molecule is COc1ccc(-c2nc(C3CCN(C(=O)c4ccncc4)CC3)cc3c2ncn3C)cc1. The van der Waals surface area contributed by atoms with Crippen LogP contribution in [0.4, 0.5) is 0 Å². The fourth-order valence-corrected chi connectivity index (χ4v) is 4.36. The van der Waals surface area contributed by atoms with Crippen molar-refractivity contribution in [2.75, 3.05) is 20.2 Å². The zero-order valence-electron chi connectivity index (χ0n) is 18.2. The molecule has 4 heterocycles. The molecule has 1 aliphatic rings. The van der Waals surface area contributed by atoms with E-state index in [1.54, 1.807) is 31.6 Å². The molecule has 3 aromatic heterocycles. The molecule has 0 saturated carbocycles. The van der Waals surface area contributed by atoms with E-state index in [0.29, 0.717) is 11.5 Å². The quantitative estimate of drug-likeness (QED) is 0.491. The molecule has 162 valence electrons. The molecule has 5 rings (SSSR count). The summed E-state index contributed by atoms with van der Waals surface area (Å²) >= 11 is 0. The van der Waals surface area contributed by atoms with Crippen LogP contribution in [0.5, 0.6) is 5.75 Å². The fourth-order valence-electron chi connectivity index (χ4n) is 4.36. The number of carbonyl (C=O) groups is 1. The maximum atomic E-state index is 12.8. The molecule has 32 heavy (non-hydrogen) atoms. The van der Waals surface area contributed by atoms with Gasteiger partial charge in [0.25, 0.3) is 5.91 Å². The molecule has 7 heteroatoms. The Morgan fingerprint density at radius 1 is 1.06 bits per heavy atom. The summed E-state index contributed by atoms with van der Waals surface area (Å²) in [5.74, 6) is 1.18. The third-order valence-electron chi connectivity index (χ3n) is 6.22. The summed E-state index contributed by atoms with van der Waals surface area (Å²) in [4.78, 5) is 28.4. The van der Waals surface area contributed by atoms with Gasteiger partial charge in [0.1, 0.15) is 11.3 Å². The lowest BCUT2D eigenvalue weighted by molar-refractivity contribution is 0.0712. The average molecular weight is 428 g/mol. The number of hydrogen-bond donors (Lipinski definition) is 0. The zero-order valence-corrected chi connectivity index (χ0v) is 18.2. The van der Waals surface area contributed by atoms with Gasteiger partial charge in [0.2, 0.25) is 0 Å². The van der Waals surface area contributed by atoms with Gasteiger partial charge in [-0.3, -0.25) is 14.8 Å². The van der Waals surface area contributed by atoms with Crippen LogP contribution < -0.4 is 4.74 Å². The second-order valence-corrected chi connectivity index (χ2v) is 8.15. The van der Waals surface area contributed by atoms with E-state index in [-0.39, 0.29) is 5.91 Å². The maximum absolute atomic E-state index is 12.8. The molecule has 0 N–H and O–H groups in total. The third-order valence-corrected chi connectivity index (χ3v) is 6.22. The van der Waals surface area contributed by atoms with Crippen LogP contribution in [0.15, 0.2) is 61.2 Å². The van der Waals surface area contributed by atoms with Gasteiger partial charge in [-0.2, -0.15) is 0 Å². The van der Waals surface area contributed by atoms with Crippen molar-refractivity contribution >= 4 is 16.9 Å². The van der Waals surface area contributed by atoms with Crippen molar-refractivity contribution < 1.29 is 9.53 Å². The van der Waals surface area contributed by atoms with Gasteiger partial charge in [-0.25, -0.2) is 4.98 Å². The Balaban J connectivity index is 1.42. The highest BCUT2D eigenvalue weighted by molar-refractivity contribution is 5.94. The van der Waals surface area contributed by atoms with E-state index in [4.69, 9.17) is 9.72 Å². The molecule has 4 aromatic rings. The van der Waals surface area contributed by atoms with Crippen molar-refractivity contribution in [1.29, 1.82) is 0 Å². The van der Waals surface area contributed by atoms with Crippen LogP contribution in [0.25, 0.3) is 22.3 Å². The minimum absolute atomic E-state index is 0.0693. The standard InChI is InChI=1S/C25H25N5O2/c1-29-16-27-24-22(29)15-21(28-23(24)18-3-5-20(32-2)6-4-18)17-9-13-30(14-10-17)25(31)19-7-11-26-12-8-19/h3-8,11-12,15-17H,9-10,13-14H2,1-2H3. The smallest absolute Gasteiger partial charge is 0.253 e. The van der Waals surface area contributed by atoms with Crippen molar-refractivity contribution in [3.8, 4) is 17.0 Å². The zero-order chi connectivity index (χ0) is 22.1. The lowest BCUT2D eigenvalue weighted by Crippen LogP contribution is -2.38. The number of imidazole rings is 1. The highest BCUT2D eigenvalue weighted by Crippen LogP contribution is 2.33. The summed E-state index contributed by atoms with van der Waals surface area (Å²) in [6, 6.07) is 13.6. The second-order valence-electron chi connectivity index (χ2n) is 8.15. The number of hydrogen-bond acceptors (Lipinski definition) is 5. The molecule has 0 aliphatic carbocycles. The molecule has 1 amide bonds. The molecule has 1 fully saturated rings. The minimum atomic E-state index is 0.0693. The predicted molar refractivity (Wildman–Crippen MR) is 123 cm³/mol. The summed E-state index contributed by atoms with van der Waals surface area (Å²) in [6.45, 7) is 1.43. The molecule has 1 aliphatic heterocycles. The number of ether oxygens (including phenoxy) is 1. The van der Waals surface area contributed by atoms with Crippen LogP contribution in [-0.4, -0.2) is 50.5 Å². The number of benzene rings is 1. The van der Waals surface area contributed by atoms with Crippen LogP contribution in [0.3, 0.4) is 0 Å². The minimum Gasteiger partial charge on any atom is -0.497 e. The van der Waals surface area contributed by atoms with Crippen LogP contribution >= 0.6 is 0 Å². The molecule has 0 spiro atoms. The van der Waals surface area contributed by atoms with E-state index in [2.05, 4.69) is 16.0 Å². The highest BCUT2D eigenvalue weighted by atomic mass is 16.5. The van der Waals surface area contributed by atoms with E-state index in [1.165, 1.54) is 0 Å². The molecular weight excluding hydrogens is 402 g/mol. The van der Waals surface area contributed by atoms with Crippen LogP contribution in [0.1, 0.15) is 34.8 Å². The van der Waals surface area contributed by atoms with Gasteiger partial charge in [0.15, 0.2) is 0 Å². The van der Waals surface area contributed by atoms with Crippen molar-refractivity contribution in [2.45, 2.75) is 18.8 Å². The predicted octanol–water partition coefficient (Wildman–Crippen LogP) is 4.06. The van der Waals surface area contributed by atoms with E-state index in [0.717, 1.165) is 59.7 Å². The second kappa shape index (κ2) is 8.42. The highest BCUT2D eigenvalue weighted by Gasteiger charge is 2.26. The number of amides is 1. The number of pyridine rings is 2. The van der Waals surface area contributed by atoms with Gasteiger partial charge in [-0.1, -0.05) is 0 Å². The first kappa shape index (κ1) is 20.2. The van der Waals surface area contributed by atoms with Crippen LogP contribution in [-0.2, 0) is 7.05 Å². The molecule has 1 aromatic carbocycles. The Morgan fingerprint density at radius 2 is 1.78 bits per heavy atom. The number of aryl methyl sites for hydroxylation is 1. The van der Waals surface area contributed by atoms with Crippen molar-refractivity contribution in [3.05, 3.63) is 72.4 Å². The first-order valence-corrected chi connectivity index (χ1v) is 10.8. The number of methoxy groups -OCH3 is 1. The lowest BCUT2D eigenvalue weighted by Gasteiger charge is -2.32. The van der Waals surface area contributed by atoms with Crippen LogP contribution in [0, 0.1) is 0 Å². The van der Waals surface area contributed by atoms with Gasteiger partial charge in [-0.15, -0.1) is 0 Å². The average Bonchev–Trinajstić information content (AvgIpc) is 3.24. The van der Waals surface area contributed by atoms with E-state index in [1.807, 2.05) is 47.1 Å². The number of piperidine rings is 1. The third kappa shape index (κ3) is 3.70. The summed E-state index contributed by atoms with van der Waals surface area (Å²) in [6.07, 6.45) is 6.92. The summed E-state index contributed by atoms with van der Waals surface area (Å²) in [5.41, 5.74) is 5.61. The van der Waals surface area contributed by atoms with Gasteiger partial charge >= 0.3 is 0 Å². The molecule has 1 saturated heterocycles. The number of carbonyl (C=O) groups excluding carboxylic acids is 1. The Kier molecular flexibility index (Phi) is 5.31. The van der Waals surface area contributed by atoms with Crippen molar-refractivity contribution in [1.82, 2.24) is 24.4 Å². The van der Waals surface area contributed by atoms with Gasteiger partial charge in [0.05, 0.1) is 24.6 Å². The largest absolute Gasteiger partial charge is 0.497 e. The number of likely N-dealkylation sites (tertiary alicyclic amines) is 1. The van der Waals surface area contributed by atoms with Gasteiger partial charge in [-0.05, 0) is 55.3 Å². The lowest BCUT2D eigenvalue weighted by atomic mass is 9.92. The fraction of sp³-hybridized carbons (Fsp3) is 0.280. The van der Waals surface area contributed by atoms with E-state index >= 15 is 0 Å². The molecule has 7 nitrogen and oxygen atoms in total.